The summed E-state index contributed by atoms with van der Waals surface area (Å²) in [5.41, 5.74) is 5.86. The summed E-state index contributed by atoms with van der Waals surface area (Å²) in [5.74, 6) is 0.707. The van der Waals surface area contributed by atoms with Crippen LogP contribution in [0.25, 0.3) is 0 Å². The monoisotopic (exact) mass is 435 g/mol. The molecule has 0 bridgehead atoms. The quantitative estimate of drug-likeness (QED) is 0.647. The Hall–Kier alpha value is -1.91. The van der Waals surface area contributed by atoms with E-state index in [1.54, 1.807) is 23.3 Å². The predicted octanol–water partition coefficient (Wildman–Crippen LogP) is 4.78. The van der Waals surface area contributed by atoms with E-state index >= 15 is 0 Å². The van der Waals surface area contributed by atoms with Gasteiger partial charge in [-0.3, -0.25) is 0 Å². The predicted molar refractivity (Wildman–Crippen MR) is 131 cm³/mol. The molecule has 0 N–H and O–H groups in total. The Morgan fingerprint density at radius 1 is 0.844 bits per heavy atom. The van der Waals surface area contributed by atoms with Crippen molar-refractivity contribution in [3.8, 4) is 0 Å². The summed E-state index contributed by atoms with van der Waals surface area (Å²) in [7, 11) is 2.25. The van der Waals surface area contributed by atoms with E-state index < -0.39 is 0 Å². The highest BCUT2D eigenvalue weighted by molar-refractivity contribution is 5.60. The van der Waals surface area contributed by atoms with Gasteiger partial charge in [0.05, 0.1) is 0 Å². The highest BCUT2D eigenvalue weighted by atomic mass is 19.1. The van der Waals surface area contributed by atoms with Crippen molar-refractivity contribution < 1.29 is 4.39 Å². The van der Waals surface area contributed by atoms with Crippen LogP contribution < -0.4 is 4.90 Å². The molecule has 3 aliphatic rings. The Bertz CT molecular complexity index is 880. The van der Waals surface area contributed by atoms with Gasteiger partial charge in [0.1, 0.15) is 5.82 Å². The maximum absolute atomic E-state index is 13.1. The minimum atomic E-state index is -0.144. The fourth-order valence-corrected chi connectivity index (χ4v) is 5.95. The number of halogens is 1. The fraction of sp³-hybridized carbons (Fsp3) is 0.571. The van der Waals surface area contributed by atoms with E-state index in [0.29, 0.717) is 6.04 Å². The van der Waals surface area contributed by atoms with Crippen molar-refractivity contribution >= 4 is 5.69 Å². The summed E-state index contributed by atoms with van der Waals surface area (Å²) in [6.07, 6.45) is 8.65. The van der Waals surface area contributed by atoms with Gasteiger partial charge < -0.3 is 14.7 Å². The van der Waals surface area contributed by atoms with Crippen molar-refractivity contribution in [3.63, 3.8) is 0 Å². The zero-order valence-corrected chi connectivity index (χ0v) is 19.6. The number of fused-ring (bicyclic) bond motifs is 1. The Balaban J connectivity index is 1.14. The van der Waals surface area contributed by atoms with Crippen molar-refractivity contribution in [3.05, 3.63) is 65.0 Å². The maximum Gasteiger partial charge on any atom is 0.123 e. The minimum Gasteiger partial charge on any atom is -0.368 e. The minimum absolute atomic E-state index is 0.144. The first-order chi connectivity index (χ1) is 15.6. The molecule has 32 heavy (non-hydrogen) atoms. The van der Waals surface area contributed by atoms with Crippen LogP contribution in [0.5, 0.6) is 0 Å². The van der Waals surface area contributed by atoms with E-state index in [-0.39, 0.29) is 5.82 Å². The van der Waals surface area contributed by atoms with Crippen molar-refractivity contribution in [2.45, 2.75) is 51.0 Å². The van der Waals surface area contributed by atoms with Crippen LogP contribution in [0, 0.1) is 11.7 Å². The van der Waals surface area contributed by atoms with Crippen LogP contribution in [0.3, 0.4) is 0 Å². The van der Waals surface area contributed by atoms with Gasteiger partial charge >= 0.3 is 0 Å². The third-order valence-electron chi connectivity index (χ3n) is 8.07. The second-order valence-electron chi connectivity index (χ2n) is 10.3. The third-order valence-corrected chi connectivity index (χ3v) is 8.07. The molecule has 3 nitrogen and oxygen atoms in total. The zero-order chi connectivity index (χ0) is 21.9. The molecule has 0 spiro atoms. The molecule has 172 valence electrons. The van der Waals surface area contributed by atoms with Gasteiger partial charge in [-0.2, -0.15) is 0 Å². The van der Waals surface area contributed by atoms with Gasteiger partial charge in [0, 0.05) is 37.9 Å². The van der Waals surface area contributed by atoms with Gasteiger partial charge in [-0.05, 0) is 106 Å². The average Bonchev–Trinajstić information content (AvgIpc) is 3.24. The molecule has 0 saturated carbocycles. The number of hydrogen-bond donors (Lipinski definition) is 0. The maximum atomic E-state index is 13.1. The number of likely N-dealkylation sites (tertiary alicyclic amines) is 2. The Morgan fingerprint density at radius 2 is 1.56 bits per heavy atom. The molecule has 3 aliphatic heterocycles. The molecule has 2 aromatic rings. The topological polar surface area (TPSA) is 9.72 Å². The van der Waals surface area contributed by atoms with Crippen molar-refractivity contribution in [2.75, 3.05) is 51.2 Å². The first kappa shape index (κ1) is 21.9. The van der Waals surface area contributed by atoms with Gasteiger partial charge in [0.15, 0.2) is 0 Å². The molecule has 3 heterocycles. The van der Waals surface area contributed by atoms with Crippen LogP contribution in [0.1, 0.15) is 42.4 Å². The van der Waals surface area contributed by atoms with E-state index in [1.807, 2.05) is 12.1 Å². The molecule has 0 amide bonds. The highest BCUT2D eigenvalue weighted by Crippen LogP contribution is 2.34. The van der Waals surface area contributed by atoms with Crippen LogP contribution in [0.2, 0.25) is 0 Å². The number of anilines is 1. The summed E-state index contributed by atoms with van der Waals surface area (Å²) in [6.45, 7) is 7.12. The molecule has 0 aromatic heterocycles. The van der Waals surface area contributed by atoms with E-state index in [1.165, 1.54) is 82.5 Å². The van der Waals surface area contributed by atoms with Crippen LogP contribution in [-0.4, -0.2) is 62.2 Å². The van der Waals surface area contributed by atoms with E-state index in [0.717, 1.165) is 18.9 Å². The summed E-state index contributed by atoms with van der Waals surface area (Å²) in [4.78, 5) is 7.78. The fourth-order valence-electron chi connectivity index (χ4n) is 5.95. The van der Waals surface area contributed by atoms with Crippen molar-refractivity contribution in [1.82, 2.24) is 9.80 Å². The number of nitrogens with zero attached hydrogens (tertiary/aromatic N) is 3. The normalized spacial score (nSPS) is 21.2. The van der Waals surface area contributed by atoms with Gasteiger partial charge in [-0.25, -0.2) is 4.39 Å². The molecular weight excluding hydrogens is 397 g/mol. The second-order valence-corrected chi connectivity index (χ2v) is 10.3. The van der Waals surface area contributed by atoms with Crippen LogP contribution in [0.4, 0.5) is 10.1 Å². The second kappa shape index (κ2) is 9.93. The van der Waals surface area contributed by atoms with Crippen molar-refractivity contribution in [2.24, 2.45) is 5.92 Å². The molecule has 2 saturated heterocycles. The van der Waals surface area contributed by atoms with E-state index in [4.69, 9.17) is 0 Å². The highest BCUT2D eigenvalue weighted by Gasteiger charge is 2.29. The van der Waals surface area contributed by atoms with Gasteiger partial charge in [0.25, 0.3) is 0 Å². The van der Waals surface area contributed by atoms with Gasteiger partial charge in [-0.1, -0.05) is 24.3 Å². The van der Waals surface area contributed by atoms with Crippen LogP contribution in [0.15, 0.2) is 42.5 Å². The number of piperidine rings is 2. The van der Waals surface area contributed by atoms with E-state index in [2.05, 4.69) is 39.9 Å². The molecule has 0 aliphatic carbocycles. The molecular formula is C28H38FN3. The molecule has 5 rings (SSSR count). The summed E-state index contributed by atoms with van der Waals surface area (Å²) in [5, 5.41) is 0. The van der Waals surface area contributed by atoms with E-state index in [9.17, 15) is 4.39 Å². The Labute approximate surface area is 193 Å². The largest absolute Gasteiger partial charge is 0.368 e. The van der Waals surface area contributed by atoms with Gasteiger partial charge in [-0.15, -0.1) is 0 Å². The zero-order valence-electron chi connectivity index (χ0n) is 19.6. The molecule has 0 radical (unpaired) electrons. The Morgan fingerprint density at radius 3 is 2.31 bits per heavy atom. The van der Waals surface area contributed by atoms with Crippen LogP contribution >= 0.6 is 0 Å². The lowest BCUT2D eigenvalue weighted by atomic mass is 9.90. The standard InChI is InChI=1S/C28H38FN3/c1-30-14-8-23(9-15-30)20-24-2-5-25-11-19-32(28(25)21-24)27-12-17-31(18-13-27)16-10-22-3-6-26(29)7-4-22/h2-7,21,23,27H,8-20H2,1H3. The Kier molecular flexibility index (Phi) is 6.80. The lowest BCUT2D eigenvalue weighted by molar-refractivity contribution is 0.212. The smallest absolute Gasteiger partial charge is 0.123 e. The summed E-state index contributed by atoms with van der Waals surface area (Å²) >= 11 is 0. The third kappa shape index (κ3) is 5.18. The lowest BCUT2D eigenvalue weighted by Gasteiger charge is -2.38. The first-order valence-corrected chi connectivity index (χ1v) is 12.7. The number of benzene rings is 2. The molecule has 0 atom stereocenters. The van der Waals surface area contributed by atoms with Crippen LogP contribution in [-0.2, 0) is 19.3 Å². The molecule has 4 heteroatoms. The molecule has 0 unspecified atom stereocenters. The van der Waals surface area contributed by atoms with Crippen molar-refractivity contribution in [1.29, 1.82) is 0 Å². The first-order valence-electron chi connectivity index (χ1n) is 12.7. The molecule has 2 aromatic carbocycles. The SMILES string of the molecule is CN1CCC(Cc2ccc3c(c2)N(C2CCN(CCc4ccc(F)cc4)CC2)CC3)CC1. The molecule has 2 fully saturated rings. The number of rotatable bonds is 6. The lowest BCUT2D eigenvalue weighted by Crippen LogP contribution is -2.45. The summed E-state index contributed by atoms with van der Waals surface area (Å²) < 4.78 is 13.1. The van der Waals surface area contributed by atoms with Gasteiger partial charge in [0.2, 0.25) is 0 Å². The number of hydrogen-bond acceptors (Lipinski definition) is 3. The average molecular weight is 436 g/mol. The summed E-state index contributed by atoms with van der Waals surface area (Å²) in [6, 6.07) is 15.0.